The summed E-state index contributed by atoms with van der Waals surface area (Å²) in [6.07, 6.45) is -5.57. The van der Waals surface area contributed by atoms with E-state index in [0.29, 0.717) is 17.7 Å². The van der Waals surface area contributed by atoms with Gasteiger partial charge in [-0.3, -0.25) is 4.79 Å². The van der Waals surface area contributed by atoms with E-state index in [9.17, 15) is 41.0 Å². The van der Waals surface area contributed by atoms with E-state index in [-0.39, 0.29) is 17.9 Å². The summed E-state index contributed by atoms with van der Waals surface area (Å²) in [6.45, 7) is 0. The van der Waals surface area contributed by atoms with Crippen LogP contribution in [0.1, 0.15) is 38.7 Å². The molecule has 4 aromatic rings. The molecule has 6 nitrogen and oxygen atoms in total. The van der Waals surface area contributed by atoms with Crippen molar-refractivity contribution in [3.8, 4) is 11.3 Å². The highest BCUT2D eigenvalue weighted by molar-refractivity contribution is 5.97. The van der Waals surface area contributed by atoms with Crippen LogP contribution in [0.15, 0.2) is 120 Å². The fraction of sp³-hybridized carbons (Fsp3) is 0.176. The van der Waals surface area contributed by atoms with Crippen LogP contribution in [0.5, 0.6) is 0 Å². The first kappa shape index (κ1) is 32.3. The molecule has 0 saturated carbocycles. The van der Waals surface area contributed by atoms with Gasteiger partial charge < -0.3 is 19.6 Å². The Bertz CT molecular complexity index is 1730. The highest BCUT2D eigenvalue weighted by Gasteiger charge is 2.43. The molecule has 1 heterocycles. The number of amides is 1. The Balaban J connectivity index is 1.50. The number of aliphatic carboxylic acids is 1. The molecule has 12 heteroatoms. The van der Waals surface area contributed by atoms with Crippen LogP contribution >= 0.6 is 0 Å². The molecule has 2 N–H and O–H groups in total. The van der Waals surface area contributed by atoms with Crippen LogP contribution < -0.4 is 5.32 Å². The largest absolute Gasteiger partial charge is 0.479 e. The molecule has 0 spiro atoms. The molecule has 46 heavy (non-hydrogen) atoms. The summed E-state index contributed by atoms with van der Waals surface area (Å²) in [4.78, 5) is 25.8. The molecule has 0 saturated heterocycles. The first-order valence-corrected chi connectivity index (χ1v) is 13.8. The summed E-state index contributed by atoms with van der Waals surface area (Å²) in [5, 5.41) is 12.4. The van der Waals surface area contributed by atoms with Crippen LogP contribution in [0, 0.1) is 0 Å². The number of nitrogens with one attached hydrogen (secondary N) is 1. The van der Waals surface area contributed by atoms with Gasteiger partial charge in [0.25, 0.3) is 5.91 Å². The van der Waals surface area contributed by atoms with Gasteiger partial charge in [-0.25, -0.2) is 4.79 Å². The van der Waals surface area contributed by atoms with Crippen molar-refractivity contribution in [2.24, 2.45) is 0 Å². The molecule has 1 atom stereocenters. The van der Waals surface area contributed by atoms with Crippen molar-refractivity contribution in [2.75, 3.05) is 0 Å². The second-order valence-corrected chi connectivity index (χ2v) is 10.5. The average molecular weight is 642 g/mol. The van der Waals surface area contributed by atoms with E-state index in [1.54, 1.807) is 42.5 Å². The molecule has 1 aromatic heterocycles. The van der Waals surface area contributed by atoms with Gasteiger partial charge in [0, 0.05) is 17.9 Å². The third kappa shape index (κ3) is 7.40. The number of alkyl halides is 6. The Morgan fingerprint density at radius 3 is 1.98 bits per heavy atom. The van der Waals surface area contributed by atoms with E-state index in [4.69, 9.17) is 9.15 Å². The van der Waals surface area contributed by atoms with Gasteiger partial charge in [0.15, 0.2) is 11.8 Å². The van der Waals surface area contributed by atoms with Gasteiger partial charge in [-0.1, -0.05) is 84.9 Å². The Kier molecular flexibility index (Phi) is 8.93. The molecule has 0 bridgehead atoms. The number of benzene rings is 3. The number of hydrogen-bond acceptors (Lipinski definition) is 4. The summed E-state index contributed by atoms with van der Waals surface area (Å²) >= 11 is 0. The summed E-state index contributed by atoms with van der Waals surface area (Å²) in [6, 6.07) is 21.5. The van der Waals surface area contributed by atoms with Crippen LogP contribution in [0.4, 0.5) is 26.3 Å². The average Bonchev–Trinajstić information content (AvgIpc) is 3.49. The number of furan rings is 1. The molecule has 0 fully saturated rings. The summed E-state index contributed by atoms with van der Waals surface area (Å²) in [5.74, 6) is -5.23. The minimum absolute atomic E-state index is 0.130. The molecule has 0 radical (unpaired) electrons. The molecule has 0 aliphatic heterocycles. The molecule has 1 amide bonds. The van der Waals surface area contributed by atoms with Gasteiger partial charge in [-0.2, -0.15) is 26.3 Å². The van der Waals surface area contributed by atoms with Crippen molar-refractivity contribution >= 4 is 11.9 Å². The van der Waals surface area contributed by atoms with Gasteiger partial charge in [0.1, 0.15) is 5.76 Å². The van der Waals surface area contributed by atoms with Crippen LogP contribution in [-0.2, 0) is 28.3 Å². The molecule has 3 aromatic carbocycles. The molecule has 1 aliphatic rings. The molecular weight excluding hydrogens is 616 g/mol. The number of hydrogen-bond donors (Lipinski definition) is 2. The van der Waals surface area contributed by atoms with Crippen LogP contribution in [0.2, 0.25) is 0 Å². The SMILES string of the molecule is O=C(NC1(OC(Cc2ccccc2)C(=O)O)C=CC(c2ccccc2)C=C1)c1cc(-c2ccc(C(F)(F)F)cc2)oc1C(F)(F)F. The molecule has 238 valence electrons. The van der Waals surface area contributed by atoms with Crippen molar-refractivity contribution in [3.63, 3.8) is 0 Å². The van der Waals surface area contributed by atoms with Crippen LogP contribution in [-0.4, -0.2) is 28.8 Å². The zero-order valence-corrected chi connectivity index (χ0v) is 23.7. The zero-order valence-electron chi connectivity index (χ0n) is 23.7. The van der Waals surface area contributed by atoms with Crippen molar-refractivity contribution in [1.82, 2.24) is 5.32 Å². The predicted octanol–water partition coefficient (Wildman–Crippen LogP) is 8.03. The van der Waals surface area contributed by atoms with Crippen molar-refractivity contribution < 1.29 is 50.2 Å². The highest BCUT2D eigenvalue weighted by Crippen LogP contribution is 2.39. The zero-order chi connectivity index (χ0) is 33.1. The van der Waals surface area contributed by atoms with Gasteiger partial charge in [-0.05, 0) is 41.5 Å². The number of carbonyl (C=O) groups is 2. The van der Waals surface area contributed by atoms with E-state index in [0.717, 1.165) is 23.8 Å². The lowest BCUT2D eigenvalue weighted by molar-refractivity contribution is -0.158. The van der Waals surface area contributed by atoms with E-state index in [1.165, 1.54) is 12.2 Å². The van der Waals surface area contributed by atoms with E-state index >= 15 is 0 Å². The van der Waals surface area contributed by atoms with E-state index in [1.807, 2.05) is 30.3 Å². The lowest BCUT2D eigenvalue weighted by Gasteiger charge is -2.34. The van der Waals surface area contributed by atoms with E-state index < -0.39 is 58.7 Å². The number of rotatable bonds is 9. The fourth-order valence-electron chi connectivity index (χ4n) is 4.93. The van der Waals surface area contributed by atoms with E-state index in [2.05, 4.69) is 5.32 Å². The highest BCUT2D eigenvalue weighted by atomic mass is 19.4. The van der Waals surface area contributed by atoms with Crippen LogP contribution in [0.25, 0.3) is 11.3 Å². The summed E-state index contributed by atoms with van der Waals surface area (Å²) in [5.41, 5.74) is -2.70. The summed E-state index contributed by atoms with van der Waals surface area (Å²) < 4.78 is 92.2. The topological polar surface area (TPSA) is 88.8 Å². The minimum Gasteiger partial charge on any atom is -0.479 e. The van der Waals surface area contributed by atoms with Crippen molar-refractivity contribution in [2.45, 2.75) is 36.5 Å². The van der Waals surface area contributed by atoms with Gasteiger partial charge in [-0.15, -0.1) is 0 Å². The second kappa shape index (κ2) is 12.7. The number of halogens is 6. The molecular formula is C34H25F6NO5. The molecule has 1 aliphatic carbocycles. The van der Waals surface area contributed by atoms with Gasteiger partial charge >= 0.3 is 18.3 Å². The van der Waals surface area contributed by atoms with Crippen molar-refractivity contribution in [3.05, 3.63) is 143 Å². The lowest BCUT2D eigenvalue weighted by atomic mass is 9.91. The lowest BCUT2D eigenvalue weighted by Crippen LogP contribution is -2.52. The maximum atomic E-state index is 14.1. The minimum atomic E-state index is -5.17. The maximum Gasteiger partial charge on any atom is 0.450 e. The Hall–Kier alpha value is -5.10. The van der Waals surface area contributed by atoms with Gasteiger partial charge in [0.2, 0.25) is 5.76 Å². The van der Waals surface area contributed by atoms with Crippen LogP contribution in [0.3, 0.4) is 0 Å². The first-order chi connectivity index (χ1) is 21.7. The van der Waals surface area contributed by atoms with Crippen molar-refractivity contribution in [1.29, 1.82) is 0 Å². The normalized spacial score (nSPS) is 18.7. The number of carbonyl (C=O) groups excluding carboxylic acids is 1. The number of carboxylic acid groups (broad SMARTS) is 1. The predicted molar refractivity (Wildman–Crippen MR) is 154 cm³/mol. The third-order valence-electron chi connectivity index (χ3n) is 7.20. The first-order valence-electron chi connectivity index (χ1n) is 13.8. The Morgan fingerprint density at radius 1 is 0.848 bits per heavy atom. The standard InChI is InChI=1S/C34H25F6NO5/c35-33(36,37)25-13-11-24(12-14-25)27-20-26(29(45-27)34(38,39)40)30(42)41-32(17-15-23(16-18-32)22-9-5-2-6-10-22)46-28(31(43)44)19-21-7-3-1-4-8-21/h1-18,20,23,28H,19H2,(H,41,42)(H,43,44). The fourth-order valence-corrected chi connectivity index (χ4v) is 4.93. The monoisotopic (exact) mass is 641 g/mol. The smallest absolute Gasteiger partial charge is 0.450 e. The number of carboxylic acids is 1. The quantitative estimate of drug-likeness (QED) is 0.110. The molecule has 1 unspecified atom stereocenters. The number of allylic oxidation sites excluding steroid dienone is 2. The molecule has 5 rings (SSSR count). The Morgan fingerprint density at radius 2 is 1.43 bits per heavy atom. The van der Waals surface area contributed by atoms with Gasteiger partial charge in [0.05, 0.1) is 11.1 Å². The Labute approximate surface area is 258 Å². The number of ether oxygens (including phenoxy) is 1. The summed E-state index contributed by atoms with van der Waals surface area (Å²) in [7, 11) is 0. The maximum absolute atomic E-state index is 14.1. The second-order valence-electron chi connectivity index (χ2n) is 10.5. The third-order valence-corrected chi connectivity index (χ3v) is 7.20.